The second kappa shape index (κ2) is 6.58. The zero-order valence-corrected chi connectivity index (χ0v) is 13.4. The van der Waals surface area contributed by atoms with Gasteiger partial charge in [0.2, 0.25) is 0 Å². The van der Waals surface area contributed by atoms with Crippen LogP contribution >= 0.6 is 0 Å². The molecule has 0 fully saturated rings. The minimum atomic E-state index is -1.36. The monoisotopic (exact) mass is 316 g/mol. The number of esters is 1. The molecule has 5 nitrogen and oxygen atoms in total. The molecule has 114 valence electrons. The standard InChI is InChI=1S/C16H16N2O3S/c1-4-21-15(19)6-5-13-16(22(3)20)12(10-17)14-9-11(2)7-8-18(13)14/h5-9H,4H2,1-3H3/b6-5+. The van der Waals surface area contributed by atoms with Crippen molar-refractivity contribution in [3.05, 3.63) is 41.2 Å². The first-order valence-electron chi connectivity index (χ1n) is 6.72. The Kier molecular flexibility index (Phi) is 4.78. The van der Waals surface area contributed by atoms with Crippen LogP contribution in [-0.2, 0) is 20.3 Å². The summed E-state index contributed by atoms with van der Waals surface area (Å²) >= 11 is 0. The number of nitrogens with zero attached hydrogens (tertiary/aromatic N) is 2. The molecule has 0 aromatic carbocycles. The van der Waals surface area contributed by atoms with E-state index in [-0.39, 0.29) is 6.61 Å². The Morgan fingerprint density at radius 3 is 2.86 bits per heavy atom. The van der Waals surface area contributed by atoms with Crippen molar-refractivity contribution in [3.63, 3.8) is 0 Å². The number of ether oxygens (including phenoxy) is 1. The van der Waals surface area contributed by atoms with Crippen molar-refractivity contribution in [3.8, 4) is 6.07 Å². The minimum absolute atomic E-state index is 0.285. The van der Waals surface area contributed by atoms with Crippen LogP contribution in [0.1, 0.15) is 23.7 Å². The Morgan fingerprint density at radius 2 is 2.27 bits per heavy atom. The molecule has 0 aliphatic heterocycles. The van der Waals surface area contributed by atoms with Crippen molar-refractivity contribution in [2.45, 2.75) is 18.7 Å². The molecule has 2 heterocycles. The van der Waals surface area contributed by atoms with Gasteiger partial charge in [-0.2, -0.15) is 5.26 Å². The van der Waals surface area contributed by atoms with Crippen LogP contribution in [0, 0.1) is 18.3 Å². The largest absolute Gasteiger partial charge is 0.463 e. The molecule has 2 rings (SSSR count). The molecule has 0 aliphatic rings. The highest BCUT2D eigenvalue weighted by Crippen LogP contribution is 2.27. The maximum absolute atomic E-state index is 12.1. The zero-order chi connectivity index (χ0) is 16.3. The molecule has 0 radical (unpaired) electrons. The van der Waals surface area contributed by atoms with Crippen LogP contribution in [-0.4, -0.2) is 27.4 Å². The highest BCUT2D eigenvalue weighted by Gasteiger charge is 2.19. The summed E-state index contributed by atoms with van der Waals surface area (Å²) in [5.41, 5.74) is 2.60. The van der Waals surface area contributed by atoms with Crippen LogP contribution < -0.4 is 0 Å². The van der Waals surface area contributed by atoms with Gasteiger partial charge in [0.25, 0.3) is 0 Å². The van der Waals surface area contributed by atoms with Crippen molar-refractivity contribution in [1.29, 1.82) is 5.26 Å². The number of hydrogen-bond donors (Lipinski definition) is 0. The van der Waals surface area contributed by atoms with Gasteiger partial charge in [-0.15, -0.1) is 0 Å². The first-order chi connectivity index (χ1) is 10.5. The number of hydrogen-bond acceptors (Lipinski definition) is 4. The van der Waals surface area contributed by atoms with E-state index in [2.05, 4.69) is 6.07 Å². The molecular formula is C16H16N2O3S. The van der Waals surface area contributed by atoms with E-state index in [1.807, 2.05) is 19.1 Å². The first-order valence-corrected chi connectivity index (χ1v) is 8.28. The molecule has 0 amide bonds. The molecule has 0 spiro atoms. The lowest BCUT2D eigenvalue weighted by molar-refractivity contribution is -0.137. The van der Waals surface area contributed by atoms with E-state index in [9.17, 15) is 14.3 Å². The van der Waals surface area contributed by atoms with E-state index in [1.165, 1.54) is 18.4 Å². The Labute approximate surface area is 131 Å². The molecule has 2 aromatic rings. The maximum atomic E-state index is 12.1. The van der Waals surface area contributed by atoms with Gasteiger partial charge in [0.1, 0.15) is 6.07 Å². The normalized spacial score (nSPS) is 12.5. The summed E-state index contributed by atoms with van der Waals surface area (Å²) in [6, 6.07) is 5.86. The molecular weight excluding hydrogens is 300 g/mol. The van der Waals surface area contributed by atoms with Crippen LogP contribution in [0.5, 0.6) is 0 Å². The lowest BCUT2D eigenvalue weighted by Crippen LogP contribution is -2.00. The van der Waals surface area contributed by atoms with Crippen LogP contribution in [0.15, 0.2) is 29.3 Å². The lowest BCUT2D eigenvalue weighted by atomic mass is 10.2. The van der Waals surface area contributed by atoms with Crippen molar-refractivity contribution in [2.75, 3.05) is 12.9 Å². The third kappa shape index (κ3) is 2.95. The summed E-state index contributed by atoms with van der Waals surface area (Å²) in [7, 11) is -1.36. The van der Waals surface area contributed by atoms with Gasteiger partial charge in [-0.3, -0.25) is 4.21 Å². The Bertz CT molecular complexity index is 828. The van der Waals surface area contributed by atoms with E-state index >= 15 is 0 Å². The zero-order valence-electron chi connectivity index (χ0n) is 12.6. The van der Waals surface area contributed by atoms with Gasteiger partial charge in [0, 0.05) is 18.5 Å². The first kappa shape index (κ1) is 16.0. The smallest absolute Gasteiger partial charge is 0.330 e. The van der Waals surface area contributed by atoms with Crippen LogP contribution in [0.4, 0.5) is 0 Å². The fraction of sp³-hybridized carbons (Fsp3) is 0.250. The highest BCUT2D eigenvalue weighted by molar-refractivity contribution is 7.84. The summed E-state index contributed by atoms with van der Waals surface area (Å²) in [6.07, 6.45) is 6.14. The van der Waals surface area contributed by atoms with Crippen LogP contribution in [0.25, 0.3) is 11.6 Å². The van der Waals surface area contributed by atoms with E-state index in [4.69, 9.17) is 4.74 Å². The quantitative estimate of drug-likeness (QED) is 0.641. The number of aryl methyl sites for hydroxylation is 1. The third-order valence-corrected chi connectivity index (χ3v) is 4.14. The molecule has 6 heteroatoms. The van der Waals surface area contributed by atoms with Gasteiger partial charge in [-0.05, 0) is 37.6 Å². The third-order valence-electron chi connectivity index (χ3n) is 3.15. The van der Waals surface area contributed by atoms with E-state index in [1.54, 1.807) is 17.5 Å². The molecule has 1 atom stereocenters. The predicted octanol–water partition coefficient (Wildman–Crippen LogP) is 2.43. The second-order valence-corrected chi connectivity index (χ2v) is 6.02. The van der Waals surface area contributed by atoms with E-state index < -0.39 is 16.8 Å². The van der Waals surface area contributed by atoms with Gasteiger partial charge in [-0.1, -0.05) is 0 Å². The number of rotatable bonds is 4. The summed E-state index contributed by atoms with van der Waals surface area (Å²) in [4.78, 5) is 11.9. The van der Waals surface area contributed by atoms with Crippen molar-refractivity contribution < 1.29 is 13.7 Å². The summed E-state index contributed by atoms with van der Waals surface area (Å²) in [5, 5.41) is 9.42. The van der Waals surface area contributed by atoms with Gasteiger partial charge >= 0.3 is 5.97 Å². The van der Waals surface area contributed by atoms with Gasteiger partial charge < -0.3 is 9.14 Å². The maximum Gasteiger partial charge on any atom is 0.330 e. The fourth-order valence-corrected chi connectivity index (χ4v) is 3.15. The Hall–Kier alpha value is -2.39. The van der Waals surface area contributed by atoms with Crippen LogP contribution in [0.2, 0.25) is 0 Å². The molecule has 0 N–H and O–H groups in total. The summed E-state index contributed by atoms with van der Waals surface area (Å²) in [5.74, 6) is -0.476. The molecule has 1 unspecified atom stereocenters. The molecule has 0 saturated carbocycles. The summed E-state index contributed by atoms with van der Waals surface area (Å²) < 4.78 is 18.7. The molecule has 2 aromatic heterocycles. The second-order valence-electron chi connectivity index (χ2n) is 4.70. The number of fused-ring (bicyclic) bond motifs is 1. The van der Waals surface area contributed by atoms with E-state index in [0.717, 1.165) is 5.56 Å². The number of nitriles is 1. The number of aromatic nitrogens is 1. The van der Waals surface area contributed by atoms with Gasteiger partial charge in [0.15, 0.2) is 0 Å². The average Bonchev–Trinajstić information content (AvgIpc) is 2.78. The molecule has 0 aliphatic carbocycles. The number of carbonyl (C=O) groups excluding carboxylic acids is 1. The van der Waals surface area contributed by atoms with Gasteiger partial charge in [0.05, 0.1) is 39.1 Å². The molecule has 0 saturated heterocycles. The van der Waals surface area contributed by atoms with Crippen molar-refractivity contribution >= 4 is 28.4 Å². The Balaban J connectivity index is 2.71. The topological polar surface area (TPSA) is 71.6 Å². The molecule has 0 bridgehead atoms. The number of pyridine rings is 1. The Morgan fingerprint density at radius 1 is 1.55 bits per heavy atom. The highest BCUT2D eigenvalue weighted by atomic mass is 32.2. The minimum Gasteiger partial charge on any atom is -0.463 e. The predicted molar refractivity (Wildman–Crippen MR) is 84.8 cm³/mol. The van der Waals surface area contributed by atoms with E-state index in [0.29, 0.717) is 21.7 Å². The summed E-state index contributed by atoms with van der Waals surface area (Å²) in [6.45, 7) is 3.93. The SMILES string of the molecule is CCOC(=O)/C=C/c1c(S(C)=O)c(C#N)c2cc(C)ccn12. The fourth-order valence-electron chi connectivity index (χ4n) is 2.25. The van der Waals surface area contributed by atoms with Gasteiger partial charge in [-0.25, -0.2) is 4.79 Å². The van der Waals surface area contributed by atoms with Crippen molar-refractivity contribution in [1.82, 2.24) is 4.40 Å². The molecule has 22 heavy (non-hydrogen) atoms. The number of carbonyl (C=O) groups is 1. The van der Waals surface area contributed by atoms with Crippen LogP contribution in [0.3, 0.4) is 0 Å². The average molecular weight is 316 g/mol. The van der Waals surface area contributed by atoms with Crippen molar-refractivity contribution in [2.24, 2.45) is 0 Å². The lowest BCUT2D eigenvalue weighted by Gasteiger charge is -2.01.